The molecule has 0 bridgehead atoms. The van der Waals surface area contributed by atoms with Crippen molar-refractivity contribution >= 4 is 6.72 Å². The lowest BCUT2D eigenvalue weighted by Gasteiger charge is -1.99. The van der Waals surface area contributed by atoms with E-state index >= 15 is 0 Å². The smallest absolute Gasteiger partial charge is 0.167 e. The maximum Gasteiger partial charge on any atom is 0.167 e. The molecule has 0 heterocycles. The van der Waals surface area contributed by atoms with Gasteiger partial charge in [0.25, 0.3) is 0 Å². The summed E-state index contributed by atoms with van der Waals surface area (Å²) in [5.41, 5.74) is 1.33. The fourth-order valence-corrected chi connectivity index (χ4v) is 1.24. The average molecular weight is 162 g/mol. The van der Waals surface area contributed by atoms with Crippen molar-refractivity contribution in [2.24, 2.45) is 0 Å². The van der Waals surface area contributed by atoms with Crippen LogP contribution in [0.4, 0.5) is 0 Å². The predicted molar refractivity (Wildman–Crippen MR) is 52.7 cm³/mol. The molecule has 1 aromatic carbocycles. The number of benzene rings is 1. The van der Waals surface area contributed by atoms with Gasteiger partial charge in [-0.2, -0.15) is 0 Å². The van der Waals surface area contributed by atoms with Crippen LogP contribution in [0.3, 0.4) is 0 Å². The van der Waals surface area contributed by atoms with Crippen molar-refractivity contribution in [2.45, 2.75) is 19.9 Å². The minimum atomic E-state index is 0.953. The molecule has 1 heteroatoms. The molecule has 0 aliphatic rings. The predicted octanol–water partition coefficient (Wildman–Crippen LogP) is 2.31. The average Bonchev–Trinajstić information content (AvgIpc) is 2.06. The summed E-state index contributed by atoms with van der Waals surface area (Å²) >= 11 is 0. The van der Waals surface area contributed by atoms with E-state index < -0.39 is 0 Å². The van der Waals surface area contributed by atoms with Crippen molar-refractivity contribution in [1.82, 2.24) is 0 Å². The molecule has 12 heavy (non-hydrogen) atoms. The molecule has 0 aliphatic heterocycles. The summed E-state index contributed by atoms with van der Waals surface area (Å²) in [4.78, 5) is 0. The lowest BCUT2D eigenvalue weighted by Crippen LogP contribution is -2.09. The van der Waals surface area contributed by atoms with Gasteiger partial charge in [-0.25, -0.2) is 4.58 Å². The third kappa shape index (κ3) is 2.87. The summed E-state index contributed by atoms with van der Waals surface area (Å²) in [6, 6.07) is 10.4. The van der Waals surface area contributed by atoms with E-state index in [2.05, 4.69) is 42.5 Å². The van der Waals surface area contributed by atoms with Crippen LogP contribution in [0.25, 0.3) is 0 Å². The molecular weight excluding hydrogens is 146 g/mol. The van der Waals surface area contributed by atoms with Crippen molar-refractivity contribution in [3.05, 3.63) is 35.9 Å². The third-order valence-electron chi connectivity index (χ3n) is 1.79. The highest BCUT2D eigenvalue weighted by atomic mass is 15.0. The highest BCUT2D eigenvalue weighted by Crippen LogP contribution is 1.99. The fraction of sp³-hybridized carbons (Fsp3) is 0.364. The zero-order valence-corrected chi connectivity index (χ0v) is 7.66. The second-order valence-electron chi connectivity index (χ2n) is 3.04. The van der Waals surface area contributed by atoms with E-state index in [1.165, 1.54) is 5.56 Å². The van der Waals surface area contributed by atoms with Gasteiger partial charge in [-0.05, 0) is 0 Å². The van der Waals surface area contributed by atoms with Crippen LogP contribution in [0.5, 0.6) is 0 Å². The van der Waals surface area contributed by atoms with Crippen LogP contribution in [-0.4, -0.2) is 17.8 Å². The monoisotopic (exact) mass is 162 g/mol. The van der Waals surface area contributed by atoms with Crippen LogP contribution in [0, 0.1) is 0 Å². The van der Waals surface area contributed by atoms with Crippen LogP contribution in [0.1, 0.15) is 18.9 Å². The van der Waals surface area contributed by atoms with E-state index in [-0.39, 0.29) is 0 Å². The van der Waals surface area contributed by atoms with Gasteiger partial charge in [-0.1, -0.05) is 37.3 Å². The molecule has 0 amide bonds. The van der Waals surface area contributed by atoms with Gasteiger partial charge in [0.2, 0.25) is 0 Å². The van der Waals surface area contributed by atoms with Crippen LogP contribution in [0.15, 0.2) is 30.3 Å². The summed E-state index contributed by atoms with van der Waals surface area (Å²) in [5.74, 6) is 0. The highest BCUT2D eigenvalue weighted by molar-refractivity contribution is 5.17. The van der Waals surface area contributed by atoms with Gasteiger partial charge in [0.05, 0.1) is 0 Å². The molecule has 0 radical (unpaired) electrons. The fourth-order valence-electron chi connectivity index (χ4n) is 1.24. The topological polar surface area (TPSA) is 3.01 Å². The van der Waals surface area contributed by atoms with Crippen molar-refractivity contribution in [3.63, 3.8) is 0 Å². The van der Waals surface area contributed by atoms with Crippen LogP contribution in [-0.2, 0) is 6.54 Å². The van der Waals surface area contributed by atoms with E-state index in [1.54, 1.807) is 0 Å². The molecule has 1 aromatic rings. The summed E-state index contributed by atoms with van der Waals surface area (Å²) in [5, 5.41) is 0. The van der Waals surface area contributed by atoms with Crippen LogP contribution < -0.4 is 0 Å². The second kappa shape index (κ2) is 4.70. The van der Waals surface area contributed by atoms with Crippen molar-refractivity contribution in [3.8, 4) is 0 Å². The molecule has 1 nitrogen and oxygen atoms in total. The lowest BCUT2D eigenvalue weighted by molar-refractivity contribution is -0.535. The first-order valence-electron chi connectivity index (χ1n) is 4.42. The van der Waals surface area contributed by atoms with Gasteiger partial charge in [0.1, 0.15) is 13.3 Å². The Hall–Kier alpha value is -1.11. The van der Waals surface area contributed by atoms with Crippen LogP contribution >= 0.6 is 0 Å². The molecule has 0 atom stereocenters. The Bertz CT molecular complexity index is 238. The van der Waals surface area contributed by atoms with Gasteiger partial charge in [-0.3, -0.25) is 0 Å². The maximum atomic E-state index is 3.96. The Morgan fingerprint density at radius 3 is 2.50 bits per heavy atom. The molecule has 0 fully saturated rings. The molecular formula is C11H16N+. The van der Waals surface area contributed by atoms with Crippen molar-refractivity contribution < 1.29 is 4.58 Å². The molecule has 0 N–H and O–H groups in total. The minimum absolute atomic E-state index is 0.953. The zero-order chi connectivity index (χ0) is 8.81. The normalized spacial score (nSPS) is 9.75. The molecule has 64 valence electrons. The van der Waals surface area contributed by atoms with Crippen molar-refractivity contribution in [1.29, 1.82) is 0 Å². The Morgan fingerprint density at radius 1 is 1.25 bits per heavy atom. The van der Waals surface area contributed by atoms with E-state index in [0.717, 1.165) is 19.5 Å². The van der Waals surface area contributed by atoms with E-state index in [4.69, 9.17) is 0 Å². The first-order valence-corrected chi connectivity index (χ1v) is 4.42. The summed E-state index contributed by atoms with van der Waals surface area (Å²) < 4.78 is 2.09. The van der Waals surface area contributed by atoms with Gasteiger partial charge >= 0.3 is 0 Å². The molecule has 0 aromatic heterocycles. The number of hydrogen-bond acceptors (Lipinski definition) is 0. The Morgan fingerprint density at radius 2 is 1.92 bits per heavy atom. The minimum Gasteiger partial charge on any atom is -0.238 e. The molecule has 0 saturated carbocycles. The number of rotatable bonds is 4. The molecule has 1 rings (SSSR count). The van der Waals surface area contributed by atoms with E-state index in [9.17, 15) is 0 Å². The Kier molecular flexibility index (Phi) is 3.52. The summed E-state index contributed by atoms with van der Waals surface area (Å²) in [7, 11) is 0. The molecule has 0 unspecified atom stereocenters. The first kappa shape index (κ1) is 8.98. The standard InChI is InChI=1S/C11H16N/c1-3-9-12(2)10-11-7-5-4-6-8-11/h4-8H,2-3,9-10H2,1H3/q+1. The van der Waals surface area contributed by atoms with Gasteiger partial charge in [-0.15, -0.1) is 0 Å². The Labute approximate surface area is 74.4 Å². The summed E-state index contributed by atoms with van der Waals surface area (Å²) in [6.07, 6.45) is 1.16. The second-order valence-corrected chi connectivity index (χ2v) is 3.04. The van der Waals surface area contributed by atoms with E-state index in [0.29, 0.717) is 0 Å². The lowest BCUT2D eigenvalue weighted by atomic mass is 10.2. The van der Waals surface area contributed by atoms with Crippen LogP contribution in [0.2, 0.25) is 0 Å². The first-order chi connectivity index (χ1) is 5.83. The van der Waals surface area contributed by atoms with Crippen molar-refractivity contribution in [2.75, 3.05) is 6.54 Å². The number of hydrogen-bond donors (Lipinski definition) is 0. The quantitative estimate of drug-likeness (QED) is 0.472. The van der Waals surface area contributed by atoms with E-state index in [1.807, 2.05) is 6.07 Å². The molecule has 0 spiro atoms. The Balaban J connectivity index is 2.47. The van der Waals surface area contributed by atoms with Gasteiger partial charge in [0.15, 0.2) is 6.54 Å². The summed E-state index contributed by atoms with van der Waals surface area (Å²) in [6.45, 7) is 8.14. The van der Waals surface area contributed by atoms with Gasteiger partial charge < -0.3 is 0 Å². The SMILES string of the molecule is C=[N+](CCC)Cc1ccccc1. The largest absolute Gasteiger partial charge is 0.238 e. The third-order valence-corrected chi connectivity index (χ3v) is 1.79. The number of nitrogens with zero attached hydrogens (tertiary/aromatic N) is 1. The maximum absolute atomic E-state index is 3.96. The van der Waals surface area contributed by atoms with Gasteiger partial charge in [0, 0.05) is 12.0 Å². The highest BCUT2D eigenvalue weighted by Gasteiger charge is 1.99. The zero-order valence-electron chi connectivity index (χ0n) is 7.66. The molecule has 0 saturated heterocycles. The molecule has 0 aliphatic carbocycles.